The molecule has 0 spiro atoms. The van der Waals surface area contributed by atoms with Gasteiger partial charge in [-0.05, 0) is 44.1 Å². The number of halogens is 2. The Kier molecular flexibility index (Phi) is 8.80. The number of hydrogen-bond donors (Lipinski definition) is 1. The zero-order chi connectivity index (χ0) is 18.8. The first kappa shape index (κ1) is 24.3. The lowest BCUT2D eigenvalue weighted by molar-refractivity contribution is 0.0729. The van der Waals surface area contributed by atoms with E-state index < -0.39 is 0 Å². The molecule has 3 rings (SSSR count). The molecule has 1 amide bonds. The fourth-order valence-corrected chi connectivity index (χ4v) is 3.96. The second-order valence-electron chi connectivity index (χ2n) is 7.10. The molecule has 0 saturated heterocycles. The van der Waals surface area contributed by atoms with Gasteiger partial charge in [-0.1, -0.05) is 49.7 Å². The number of benzene rings is 2. The van der Waals surface area contributed by atoms with E-state index in [0.717, 1.165) is 47.6 Å². The van der Waals surface area contributed by atoms with Crippen molar-refractivity contribution in [1.29, 1.82) is 0 Å². The average Bonchev–Trinajstić information content (AvgIpc) is 2.91. The van der Waals surface area contributed by atoms with Gasteiger partial charge in [0, 0.05) is 29.9 Å². The van der Waals surface area contributed by atoms with Gasteiger partial charge in [0.2, 0.25) is 0 Å². The van der Waals surface area contributed by atoms with E-state index >= 15 is 0 Å². The molecule has 0 aromatic heterocycles. The summed E-state index contributed by atoms with van der Waals surface area (Å²) in [5.74, 6) is 0.108. The van der Waals surface area contributed by atoms with Crippen molar-refractivity contribution in [3.05, 3.63) is 64.2 Å². The van der Waals surface area contributed by atoms with Crippen molar-refractivity contribution in [3.63, 3.8) is 0 Å². The number of nitrogens with zero attached hydrogens (tertiary/aromatic N) is 2. The molecule has 28 heavy (non-hydrogen) atoms. The van der Waals surface area contributed by atoms with Crippen molar-refractivity contribution in [2.24, 2.45) is 0 Å². The lowest BCUT2D eigenvalue weighted by Gasteiger charge is -2.30. The van der Waals surface area contributed by atoms with Crippen LogP contribution in [0.5, 0.6) is 0 Å². The Bertz CT molecular complexity index is 821. The molecule has 0 fully saturated rings. The summed E-state index contributed by atoms with van der Waals surface area (Å²) in [7, 11) is 0. The second-order valence-corrected chi connectivity index (χ2v) is 7.10. The second kappa shape index (κ2) is 10.1. The molecular weight excluding hydrogens is 393 g/mol. The smallest absolute Gasteiger partial charge is 0.255 e. The number of fused-ring (bicyclic) bond motifs is 1. The Labute approximate surface area is 180 Å². The Hall–Kier alpha value is -1.75. The SMILES string of the molecule is CCN(CC)CCN1C(=O)c2ccccc2C1c1cc(C)cc(C)c1N.Cl.Cl. The van der Waals surface area contributed by atoms with E-state index in [1.54, 1.807) is 0 Å². The molecule has 1 unspecified atom stereocenters. The number of likely N-dealkylation sites (N-methyl/N-ethyl adjacent to an activating group) is 1. The van der Waals surface area contributed by atoms with E-state index in [4.69, 9.17) is 5.73 Å². The van der Waals surface area contributed by atoms with E-state index in [1.807, 2.05) is 30.0 Å². The van der Waals surface area contributed by atoms with Crippen LogP contribution in [0.1, 0.15) is 52.5 Å². The summed E-state index contributed by atoms with van der Waals surface area (Å²) in [6.45, 7) is 12.0. The van der Waals surface area contributed by atoms with Crippen LogP contribution in [-0.2, 0) is 0 Å². The monoisotopic (exact) mass is 423 g/mol. The van der Waals surface area contributed by atoms with Crippen LogP contribution in [0.3, 0.4) is 0 Å². The standard InChI is InChI=1S/C22H29N3O.2ClH/c1-5-24(6-2)11-12-25-21(17-9-7-8-10-18(17)22(25)26)19-14-15(3)13-16(4)20(19)23;;/h7-10,13-14,21H,5-6,11-12,23H2,1-4H3;2*1H. The van der Waals surface area contributed by atoms with E-state index in [-0.39, 0.29) is 36.8 Å². The lowest BCUT2D eigenvalue weighted by atomic mass is 9.93. The molecule has 154 valence electrons. The van der Waals surface area contributed by atoms with Crippen molar-refractivity contribution in [2.45, 2.75) is 33.7 Å². The minimum Gasteiger partial charge on any atom is -0.398 e. The third-order valence-electron chi connectivity index (χ3n) is 5.47. The Morgan fingerprint density at radius 3 is 2.32 bits per heavy atom. The number of carbonyl (C=O) groups is 1. The van der Waals surface area contributed by atoms with Crippen LogP contribution in [0.2, 0.25) is 0 Å². The van der Waals surface area contributed by atoms with Crippen molar-refractivity contribution in [1.82, 2.24) is 9.80 Å². The van der Waals surface area contributed by atoms with Gasteiger partial charge in [-0.2, -0.15) is 0 Å². The summed E-state index contributed by atoms with van der Waals surface area (Å²) in [5, 5.41) is 0. The number of nitrogens with two attached hydrogens (primary N) is 1. The highest BCUT2D eigenvalue weighted by Gasteiger charge is 2.38. The Morgan fingerprint density at radius 2 is 1.68 bits per heavy atom. The molecule has 2 N–H and O–H groups in total. The Balaban J connectivity index is 0.00000196. The molecule has 2 aromatic rings. The van der Waals surface area contributed by atoms with Crippen molar-refractivity contribution < 1.29 is 4.79 Å². The molecule has 1 aliphatic heterocycles. The lowest BCUT2D eigenvalue weighted by Crippen LogP contribution is -2.37. The van der Waals surface area contributed by atoms with Gasteiger partial charge in [0.1, 0.15) is 0 Å². The first-order chi connectivity index (χ1) is 12.5. The highest BCUT2D eigenvalue weighted by Crippen LogP contribution is 2.41. The Morgan fingerprint density at radius 1 is 1.04 bits per heavy atom. The molecule has 6 heteroatoms. The van der Waals surface area contributed by atoms with Crippen LogP contribution in [0.4, 0.5) is 5.69 Å². The number of amides is 1. The summed E-state index contributed by atoms with van der Waals surface area (Å²) in [6.07, 6.45) is 0. The maximum Gasteiger partial charge on any atom is 0.255 e. The minimum absolute atomic E-state index is 0. The molecule has 2 aromatic carbocycles. The maximum absolute atomic E-state index is 13.1. The van der Waals surface area contributed by atoms with E-state index in [1.165, 1.54) is 5.56 Å². The van der Waals surface area contributed by atoms with Crippen LogP contribution in [0, 0.1) is 13.8 Å². The number of hydrogen-bond acceptors (Lipinski definition) is 3. The minimum atomic E-state index is -0.104. The van der Waals surface area contributed by atoms with Crippen LogP contribution < -0.4 is 5.73 Å². The predicted molar refractivity (Wildman–Crippen MR) is 122 cm³/mol. The van der Waals surface area contributed by atoms with Gasteiger partial charge in [-0.15, -0.1) is 24.8 Å². The number of anilines is 1. The molecular formula is C22H31Cl2N3O. The van der Waals surface area contributed by atoms with Crippen LogP contribution >= 0.6 is 24.8 Å². The van der Waals surface area contributed by atoms with E-state index in [2.05, 4.69) is 43.9 Å². The summed E-state index contributed by atoms with van der Waals surface area (Å²) in [4.78, 5) is 17.5. The molecule has 4 nitrogen and oxygen atoms in total. The van der Waals surface area contributed by atoms with Gasteiger partial charge in [-0.25, -0.2) is 0 Å². The number of nitrogen functional groups attached to an aromatic ring is 1. The molecule has 1 heterocycles. The van der Waals surface area contributed by atoms with Gasteiger partial charge in [0.05, 0.1) is 6.04 Å². The normalized spacial score (nSPS) is 15.2. The maximum atomic E-state index is 13.1. The predicted octanol–water partition coefficient (Wildman–Crippen LogP) is 4.62. The summed E-state index contributed by atoms with van der Waals surface area (Å²) in [5.41, 5.74) is 12.4. The van der Waals surface area contributed by atoms with Crippen molar-refractivity contribution in [3.8, 4) is 0 Å². The zero-order valence-corrected chi connectivity index (χ0v) is 18.7. The largest absolute Gasteiger partial charge is 0.398 e. The van der Waals surface area contributed by atoms with Gasteiger partial charge in [0.25, 0.3) is 5.91 Å². The van der Waals surface area contributed by atoms with Crippen LogP contribution in [-0.4, -0.2) is 41.9 Å². The van der Waals surface area contributed by atoms with Gasteiger partial charge >= 0.3 is 0 Å². The topological polar surface area (TPSA) is 49.6 Å². The quantitative estimate of drug-likeness (QED) is 0.689. The first-order valence-corrected chi connectivity index (χ1v) is 9.46. The van der Waals surface area contributed by atoms with E-state index in [9.17, 15) is 4.79 Å². The highest BCUT2D eigenvalue weighted by molar-refractivity contribution is 6.00. The fourth-order valence-electron chi connectivity index (χ4n) is 3.96. The molecule has 1 atom stereocenters. The fraction of sp³-hybridized carbons (Fsp3) is 0.409. The van der Waals surface area contributed by atoms with Crippen molar-refractivity contribution >= 4 is 36.4 Å². The summed E-state index contributed by atoms with van der Waals surface area (Å²) < 4.78 is 0. The third kappa shape index (κ3) is 4.45. The van der Waals surface area contributed by atoms with Gasteiger partial charge in [0.15, 0.2) is 0 Å². The first-order valence-electron chi connectivity index (χ1n) is 9.46. The average molecular weight is 424 g/mol. The van der Waals surface area contributed by atoms with Crippen molar-refractivity contribution in [2.75, 3.05) is 31.9 Å². The molecule has 0 saturated carbocycles. The van der Waals surface area contributed by atoms with Gasteiger partial charge < -0.3 is 15.5 Å². The van der Waals surface area contributed by atoms with Crippen LogP contribution in [0.25, 0.3) is 0 Å². The van der Waals surface area contributed by atoms with Gasteiger partial charge in [-0.3, -0.25) is 4.79 Å². The molecule has 0 bridgehead atoms. The summed E-state index contributed by atoms with van der Waals surface area (Å²) >= 11 is 0. The molecule has 0 aliphatic carbocycles. The number of rotatable bonds is 6. The number of carbonyl (C=O) groups excluding carboxylic acids is 1. The summed E-state index contributed by atoms with van der Waals surface area (Å²) in [6, 6.07) is 12.1. The number of aryl methyl sites for hydroxylation is 2. The highest BCUT2D eigenvalue weighted by atomic mass is 35.5. The zero-order valence-electron chi connectivity index (χ0n) is 17.1. The third-order valence-corrected chi connectivity index (χ3v) is 5.47. The van der Waals surface area contributed by atoms with E-state index in [0.29, 0.717) is 6.54 Å². The molecule has 1 aliphatic rings. The van der Waals surface area contributed by atoms with Crippen LogP contribution in [0.15, 0.2) is 36.4 Å². The molecule has 0 radical (unpaired) electrons.